The first-order valence-corrected chi connectivity index (χ1v) is 9.62. The molecule has 4 rings (SSSR count). The van der Waals surface area contributed by atoms with E-state index in [0.717, 1.165) is 38.2 Å². The highest BCUT2D eigenvalue weighted by atomic mass is 16.2. The van der Waals surface area contributed by atoms with Gasteiger partial charge in [0.1, 0.15) is 12.4 Å². The molecule has 1 N–H and O–H groups in total. The zero-order valence-corrected chi connectivity index (χ0v) is 15.6. The summed E-state index contributed by atoms with van der Waals surface area (Å²) in [4.78, 5) is 19.0. The maximum absolute atomic E-state index is 12.7. The fourth-order valence-corrected chi connectivity index (χ4v) is 3.92. The van der Waals surface area contributed by atoms with Gasteiger partial charge in [0.05, 0.1) is 6.20 Å². The Morgan fingerprint density at radius 3 is 2.74 bits per heavy atom. The smallest absolute Gasteiger partial charge is 0.242 e. The number of aryl methyl sites for hydroxylation is 1. The zero-order chi connectivity index (χ0) is 18.6. The summed E-state index contributed by atoms with van der Waals surface area (Å²) >= 11 is 0. The topological polar surface area (TPSA) is 66.8 Å². The first-order valence-electron chi connectivity index (χ1n) is 9.62. The van der Waals surface area contributed by atoms with Gasteiger partial charge in [-0.1, -0.05) is 37.3 Å². The van der Waals surface area contributed by atoms with E-state index >= 15 is 0 Å². The average molecular weight is 363 g/mol. The van der Waals surface area contributed by atoms with Crippen molar-refractivity contribution in [3.8, 4) is 11.1 Å². The van der Waals surface area contributed by atoms with Crippen molar-refractivity contribution in [2.45, 2.75) is 38.6 Å². The lowest BCUT2D eigenvalue weighted by molar-refractivity contribution is -0.132. The molecule has 1 amide bonds. The summed E-state index contributed by atoms with van der Waals surface area (Å²) < 4.78 is 1.96. The Labute approximate surface area is 159 Å². The summed E-state index contributed by atoms with van der Waals surface area (Å²) in [6.45, 7) is 4.01. The van der Waals surface area contributed by atoms with Gasteiger partial charge in [0.25, 0.3) is 0 Å². The minimum atomic E-state index is 0.175. The number of hydrogen-bond donors (Lipinski definition) is 1. The number of piperidine rings is 1. The van der Waals surface area contributed by atoms with Gasteiger partial charge in [-0.25, -0.2) is 4.98 Å². The summed E-state index contributed by atoms with van der Waals surface area (Å²) in [5.74, 6) is 1.54. The summed E-state index contributed by atoms with van der Waals surface area (Å²) in [6, 6.07) is 10.4. The van der Waals surface area contributed by atoms with E-state index in [4.69, 9.17) is 0 Å². The lowest BCUT2D eigenvalue weighted by atomic mass is 9.89. The number of aromatic amines is 1. The Kier molecular flexibility index (Phi) is 5.05. The van der Waals surface area contributed by atoms with Crippen LogP contribution in [-0.4, -0.2) is 43.6 Å². The molecular formula is C21H25N5O. The molecule has 2 aromatic heterocycles. The molecule has 27 heavy (non-hydrogen) atoms. The Hall–Kier alpha value is -2.89. The normalized spacial score (nSPS) is 15.2. The van der Waals surface area contributed by atoms with Crippen molar-refractivity contribution in [1.82, 2.24) is 24.6 Å². The quantitative estimate of drug-likeness (QED) is 0.757. The lowest BCUT2D eigenvalue weighted by Crippen LogP contribution is -2.40. The molecule has 0 saturated carbocycles. The highest BCUT2D eigenvalue weighted by Crippen LogP contribution is 2.33. The van der Waals surface area contributed by atoms with Crippen molar-refractivity contribution in [3.63, 3.8) is 0 Å². The maximum Gasteiger partial charge on any atom is 0.242 e. The number of nitrogens with one attached hydrogen (secondary N) is 1. The third-order valence-corrected chi connectivity index (χ3v) is 5.43. The predicted molar refractivity (Wildman–Crippen MR) is 104 cm³/mol. The lowest BCUT2D eigenvalue weighted by Gasteiger charge is -2.32. The molecule has 0 bridgehead atoms. The molecule has 6 nitrogen and oxygen atoms in total. The van der Waals surface area contributed by atoms with Gasteiger partial charge in [0.2, 0.25) is 5.91 Å². The molecular weight excluding hydrogens is 338 g/mol. The van der Waals surface area contributed by atoms with Gasteiger partial charge in [-0.2, -0.15) is 5.10 Å². The first-order chi connectivity index (χ1) is 13.3. The predicted octanol–water partition coefficient (Wildman–Crippen LogP) is 3.24. The van der Waals surface area contributed by atoms with Crippen LogP contribution in [0.2, 0.25) is 0 Å². The van der Waals surface area contributed by atoms with Crippen molar-refractivity contribution in [3.05, 3.63) is 60.4 Å². The second-order valence-electron chi connectivity index (χ2n) is 7.04. The fourth-order valence-electron chi connectivity index (χ4n) is 3.92. The number of likely N-dealkylation sites (tertiary alicyclic amines) is 1. The molecule has 0 atom stereocenters. The van der Waals surface area contributed by atoms with E-state index in [1.807, 2.05) is 40.1 Å². The number of hydrogen-bond acceptors (Lipinski definition) is 3. The number of amides is 1. The van der Waals surface area contributed by atoms with E-state index < -0.39 is 0 Å². The van der Waals surface area contributed by atoms with Gasteiger partial charge in [-0.05, 0) is 18.4 Å². The Morgan fingerprint density at radius 1 is 1.22 bits per heavy atom. The minimum Gasteiger partial charge on any atom is -0.341 e. The van der Waals surface area contributed by atoms with Crippen molar-refractivity contribution in [2.24, 2.45) is 0 Å². The highest BCUT2D eigenvalue weighted by Gasteiger charge is 2.26. The van der Waals surface area contributed by atoms with E-state index in [0.29, 0.717) is 12.5 Å². The second-order valence-corrected chi connectivity index (χ2v) is 7.04. The van der Waals surface area contributed by atoms with Gasteiger partial charge in [0.15, 0.2) is 0 Å². The SMILES string of the molecule is CCc1nccn1CC(=O)N1CCC(c2[nH]ncc2-c2ccccc2)CC1. The van der Waals surface area contributed by atoms with Crippen LogP contribution in [0.3, 0.4) is 0 Å². The van der Waals surface area contributed by atoms with Crippen LogP contribution < -0.4 is 0 Å². The number of H-pyrrole nitrogens is 1. The molecule has 3 heterocycles. The summed E-state index contributed by atoms with van der Waals surface area (Å²) in [5, 5.41) is 7.48. The van der Waals surface area contributed by atoms with Gasteiger partial charge < -0.3 is 9.47 Å². The number of rotatable bonds is 5. The monoisotopic (exact) mass is 363 g/mol. The minimum absolute atomic E-state index is 0.175. The summed E-state index contributed by atoms with van der Waals surface area (Å²) in [6.07, 6.45) is 8.32. The van der Waals surface area contributed by atoms with E-state index in [9.17, 15) is 4.79 Å². The molecule has 1 saturated heterocycles. The Morgan fingerprint density at radius 2 is 2.00 bits per heavy atom. The first kappa shape index (κ1) is 17.5. The third kappa shape index (κ3) is 3.65. The molecule has 0 aliphatic carbocycles. The second kappa shape index (κ2) is 7.78. The van der Waals surface area contributed by atoms with Crippen LogP contribution >= 0.6 is 0 Å². The number of benzene rings is 1. The molecule has 0 spiro atoms. The van der Waals surface area contributed by atoms with E-state index in [-0.39, 0.29) is 5.91 Å². The molecule has 6 heteroatoms. The Bertz CT molecular complexity index is 890. The molecule has 1 aromatic carbocycles. The molecule has 0 radical (unpaired) electrons. The molecule has 0 unspecified atom stereocenters. The summed E-state index contributed by atoms with van der Waals surface area (Å²) in [7, 11) is 0. The van der Waals surface area contributed by atoms with Crippen molar-refractivity contribution in [2.75, 3.05) is 13.1 Å². The maximum atomic E-state index is 12.7. The van der Waals surface area contributed by atoms with Crippen molar-refractivity contribution >= 4 is 5.91 Å². The molecule has 1 fully saturated rings. The molecule has 3 aromatic rings. The number of imidazole rings is 1. The van der Waals surface area contributed by atoms with Gasteiger partial charge in [0, 0.05) is 49.1 Å². The largest absolute Gasteiger partial charge is 0.341 e. The molecule has 140 valence electrons. The van der Waals surface area contributed by atoms with Crippen LogP contribution in [0.1, 0.15) is 37.2 Å². The van der Waals surface area contributed by atoms with Crippen LogP contribution in [0.25, 0.3) is 11.1 Å². The molecule has 1 aliphatic rings. The van der Waals surface area contributed by atoms with Crippen LogP contribution in [0.4, 0.5) is 0 Å². The third-order valence-electron chi connectivity index (χ3n) is 5.43. The average Bonchev–Trinajstić information content (AvgIpc) is 3.38. The number of nitrogens with zero attached hydrogens (tertiary/aromatic N) is 4. The van der Waals surface area contributed by atoms with E-state index in [1.165, 1.54) is 16.8 Å². The van der Waals surface area contributed by atoms with Crippen molar-refractivity contribution < 1.29 is 4.79 Å². The van der Waals surface area contributed by atoms with Gasteiger partial charge in [-0.15, -0.1) is 0 Å². The van der Waals surface area contributed by atoms with Crippen LogP contribution in [-0.2, 0) is 17.8 Å². The number of aromatic nitrogens is 4. The molecule has 1 aliphatic heterocycles. The Balaban J connectivity index is 1.40. The van der Waals surface area contributed by atoms with Gasteiger partial charge >= 0.3 is 0 Å². The fraction of sp³-hybridized carbons (Fsp3) is 0.381. The summed E-state index contributed by atoms with van der Waals surface area (Å²) in [5.41, 5.74) is 3.55. The van der Waals surface area contributed by atoms with E-state index in [2.05, 4.69) is 34.2 Å². The van der Waals surface area contributed by atoms with Crippen LogP contribution in [0.5, 0.6) is 0 Å². The van der Waals surface area contributed by atoms with Crippen molar-refractivity contribution in [1.29, 1.82) is 0 Å². The number of carbonyl (C=O) groups excluding carboxylic acids is 1. The number of carbonyl (C=O) groups is 1. The van der Waals surface area contributed by atoms with E-state index in [1.54, 1.807) is 6.20 Å². The highest BCUT2D eigenvalue weighted by molar-refractivity contribution is 5.76. The van der Waals surface area contributed by atoms with Crippen LogP contribution in [0.15, 0.2) is 48.9 Å². The standard InChI is InChI=1S/C21H25N5O/c1-2-19-22-10-13-26(19)15-20(27)25-11-8-17(9-12-25)21-18(14-23-24-21)16-6-4-3-5-7-16/h3-7,10,13-14,17H,2,8-9,11-12,15H2,1H3,(H,23,24). The van der Waals surface area contributed by atoms with Gasteiger partial charge in [-0.3, -0.25) is 9.89 Å². The van der Waals surface area contributed by atoms with Crippen LogP contribution in [0, 0.1) is 0 Å². The zero-order valence-electron chi connectivity index (χ0n) is 15.6.